The maximum atomic E-state index is 13.7. The van der Waals surface area contributed by atoms with E-state index < -0.39 is 5.60 Å². The van der Waals surface area contributed by atoms with Crippen LogP contribution in [0.2, 0.25) is 0 Å². The predicted octanol–water partition coefficient (Wildman–Crippen LogP) is 1.23. The van der Waals surface area contributed by atoms with Crippen LogP contribution in [0.3, 0.4) is 0 Å². The van der Waals surface area contributed by atoms with E-state index >= 15 is 0 Å². The Labute approximate surface area is 195 Å². The first kappa shape index (κ1) is 23.9. The van der Waals surface area contributed by atoms with Crippen molar-refractivity contribution in [3.63, 3.8) is 0 Å². The molecular weight excluding hydrogens is 422 g/mol. The fraction of sp³-hybridized carbons (Fsp3) is 0.600. The third-order valence-electron chi connectivity index (χ3n) is 6.55. The van der Waals surface area contributed by atoms with Crippen molar-refractivity contribution in [2.24, 2.45) is 0 Å². The van der Waals surface area contributed by atoms with Crippen LogP contribution in [0.15, 0.2) is 42.5 Å². The minimum absolute atomic E-state index is 0.00711. The summed E-state index contributed by atoms with van der Waals surface area (Å²) in [6.45, 7) is 4.21. The summed E-state index contributed by atoms with van der Waals surface area (Å²) in [6, 6.07) is 10.1. The number of benzene rings is 1. The molecule has 2 N–H and O–H groups in total. The molecule has 2 saturated heterocycles. The highest BCUT2D eigenvalue weighted by atomic mass is 16.5. The largest absolute Gasteiger partial charge is 0.377 e. The van der Waals surface area contributed by atoms with Gasteiger partial charge < -0.3 is 29.7 Å². The van der Waals surface area contributed by atoms with Gasteiger partial charge in [0.05, 0.1) is 32.5 Å². The van der Waals surface area contributed by atoms with Crippen LogP contribution in [0.1, 0.15) is 30.7 Å². The van der Waals surface area contributed by atoms with E-state index in [0.29, 0.717) is 65.4 Å². The first-order chi connectivity index (χ1) is 16.2. The highest BCUT2D eigenvalue weighted by Crippen LogP contribution is 2.30. The van der Waals surface area contributed by atoms with Crippen molar-refractivity contribution in [1.82, 2.24) is 15.5 Å². The van der Waals surface area contributed by atoms with Crippen molar-refractivity contribution in [3.05, 3.63) is 48.0 Å². The molecule has 1 aromatic carbocycles. The maximum absolute atomic E-state index is 13.7. The molecule has 0 aliphatic carbocycles. The fourth-order valence-electron chi connectivity index (χ4n) is 4.81. The molecule has 4 rings (SSSR count). The average molecular weight is 458 g/mol. The molecule has 8 nitrogen and oxygen atoms in total. The molecule has 3 atom stereocenters. The first-order valence-corrected chi connectivity index (χ1v) is 12.0. The summed E-state index contributed by atoms with van der Waals surface area (Å²) in [4.78, 5) is 28.3. The van der Waals surface area contributed by atoms with Crippen LogP contribution in [0.4, 0.5) is 0 Å². The van der Waals surface area contributed by atoms with Gasteiger partial charge >= 0.3 is 0 Å². The SMILES string of the molecule is O=C1CCCOC/C=C\COCC2(CNCCO2)C(=O)N2CC[C@H](c3ccccc3)[C@@H](C2)N1. The summed E-state index contributed by atoms with van der Waals surface area (Å²) in [7, 11) is 0. The standard InChI is InChI=1S/C25H35N3O5/c29-23-9-6-15-31-13-4-5-14-32-19-25(18-26-11-16-33-25)24(30)28-12-10-21(22(17-28)27-23)20-7-2-1-3-8-20/h1-5,7-8,21-22,26H,6,9-19H2,(H,27,29)/b5-4-/t21-,22-,25?/m1/s1. The van der Waals surface area contributed by atoms with Crippen LogP contribution in [0.25, 0.3) is 0 Å². The van der Waals surface area contributed by atoms with E-state index in [4.69, 9.17) is 14.2 Å². The van der Waals surface area contributed by atoms with E-state index in [1.54, 1.807) is 0 Å². The Kier molecular flexibility index (Phi) is 8.50. The number of carbonyl (C=O) groups excluding carboxylic acids is 2. The van der Waals surface area contributed by atoms with Crippen molar-refractivity contribution in [2.75, 3.05) is 59.2 Å². The molecular formula is C25H35N3O5. The Balaban J connectivity index is 1.56. The average Bonchev–Trinajstić information content (AvgIpc) is 2.85. The van der Waals surface area contributed by atoms with E-state index in [0.717, 1.165) is 6.42 Å². The molecule has 2 bridgehead atoms. The van der Waals surface area contributed by atoms with Gasteiger partial charge in [0.15, 0.2) is 5.60 Å². The number of carbonyl (C=O) groups is 2. The van der Waals surface area contributed by atoms with Crippen molar-refractivity contribution in [3.8, 4) is 0 Å². The van der Waals surface area contributed by atoms with Crippen molar-refractivity contribution < 1.29 is 23.8 Å². The molecule has 3 aliphatic heterocycles. The molecule has 2 amide bonds. The Bertz CT molecular complexity index is 810. The van der Waals surface area contributed by atoms with Crippen molar-refractivity contribution >= 4 is 11.8 Å². The Morgan fingerprint density at radius 3 is 2.64 bits per heavy atom. The molecule has 0 radical (unpaired) electrons. The predicted molar refractivity (Wildman–Crippen MR) is 124 cm³/mol. The summed E-state index contributed by atoms with van der Waals surface area (Å²) < 4.78 is 17.5. The van der Waals surface area contributed by atoms with Gasteiger partial charge in [-0.3, -0.25) is 9.59 Å². The van der Waals surface area contributed by atoms with Crippen molar-refractivity contribution in [1.29, 1.82) is 0 Å². The Hall–Kier alpha value is -2.26. The molecule has 0 aromatic heterocycles. The first-order valence-electron chi connectivity index (χ1n) is 12.0. The van der Waals surface area contributed by atoms with Gasteiger partial charge in [-0.2, -0.15) is 0 Å². The molecule has 2 fully saturated rings. The lowest BCUT2D eigenvalue weighted by Gasteiger charge is -2.44. The Morgan fingerprint density at radius 1 is 1.03 bits per heavy atom. The molecule has 33 heavy (non-hydrogen) atoms. The second-order valence-corrected chi connectivity index (χ2v) is 8.92. The van der Waals surface area contributed by atoms with Crippen LogP contribution in [-0.4, -0.2) is 87.6 Å². The summed E-state index contributed by atoms with van der Waals surface area (Å²) in [5, 5.41) is 6.51. The summed E-state index contributed by atoms with van der Waals surface area (Å²) >= 11 is 0. The highest BCUT2D eigenvalue weighted by Gasteiger charge is 2.46. The molecule has 1 spiro atoms. The molecule has 3 aliphatic rings. The monoisotopic (exact) mass is 457 g/mol. The molecule has 8 heteroatoms. The van der Waals surface area contributed by atoms with Gasteiger partial charge in [-0.05, 0) is 18.4 Å². The molecule has 0 saturated carbocycles. The second-order valence-electron chi connectivity index (χ2n) is 8.92. The van der Waals surface area contributed by atoms with E-state index in [9.17, 15) is 9.59 Å². The number of fused-ring (bicyclic) bond motifs is 2. The maximum Gasteiger partial charge on any atom is 0.258 e. The van der Waals surface area contributed by atoms with E-state index in [2.05, 4.69) is 22.8 Å². The number of rotatable bonds is 1. The van der Waals surface area contributed by atoms with Gasteiger partial charge in [0.2, 0.25) is 5.91 Å². The lowest BCUT2D eigenvalue weighted by molar-refractivity contribution is -0.173. The van der Waals surface area contributed by atoms with E-state index in [1.165, 1.54) is 5.56 Å². The molecule has 180 valence electrons. The number of piperidine rings is 1. The summed E-state index contributed by atoms with van der Waals surface area (Å²) in [5.74, 6) is 0.0729. The molecule has 1 unspecified atom stereocenters. The fourth-order valence-corrected chi connectivity index (χ4v) is 4.81. The molecule has 1 aromatic rings. The zero-order valence-electron chi connectivity index (χ0n) is 19.2. The van der Waals surface area contributed by atoms with Crippen LogP contribution < -0.4 is 10.6 Å². The number of nitrogens with one attached hydrogen (secondary N) is 2. The zero-order valence-corrected chi connectivity index (χ0v) is 19.2. The number of morpholine rings is 1. The van der Waals surface area contributed by atoms with Gasteiger partial charge in [0, 0.05) is 45.1 Å². The Morgan fingerprint density at radius 2 is 1.85 bits per heavy atom. The van der Waals surface area contributed by atoms with Gasteiger partial charge in [0.1, 0.15) is 0 Å². The minimum Gasteiger partial charge on any atom is -0.377 e. The van der Waals surface area contributed by atoms with Gasteiger partial charge in [-0.15, -0.1) is 0 Å². The van der Waals surface area contributed by atoms with Gasteiger partial charge in [0.25, 0.3) is 5.91 Å². The summed E-state index contributed by atoms with van der Waals surface area (Å²) in [5.41, 5.74) is 0.133. The lowest BCUT2D eigenvalue weighted by Crippen LogP contribution is -2.65. The van der Waals surface area contributed by atoms with Crippen LogP contribution in [0, 0.1) is 0 Å². The second kappa shape index (κ2) is 11.7. The minimum atomic E-state index is -1.05. The van der Waals surface area contributed by atoms with E-state index in [-0.39, 0.29) is 30.4 Å². The number of nitrogens with zero attached hydrogens (tertiary/aromatic N) is 1. The summed E-state index contributed by atoms with van der Waals surface area (Å²) in [6.07, 6.45) is 5.62. The van der Waals surface area contributed by atoms with Crippen LogP contribution in [-0.2, 0) is 23.8 Å². The van der Waals surface area contributed by atoms with Crippen LogP contribution >= 0.6 is 0 Å². The number of amides is 2. The van der Waals surface area contributed by atoms with Gasteiger partial charge in [-0.25, -0.2) is 0 Å². The normalized spacial score (nSPS) is 31.6. The smallest absolute Gasteiger partial charge is 0.258 e. The number of hydrogen-bond acceptors (Lipinski definition) is 6. The van der Waals surface area contributed by atoms with E-state index in [1.807, 2.05) is 35.3 Å². The number of ether oxygens (including phenoxy) is 3. The van der Waals surface area contributed by atoms with Crippen LogP contribution in [0.5, 0.6) is 0 Å². The lowest BCUT2D eigenvalue weighted by atomic mass is 9.84. The van der Waals surface area contributed by atoms with Crippen molar-refractivity contribution in [2.45, 2.75) is 36.8 Å². The van der Waals surface area contributed by atoms with Gasteiger partial charge in [-0.1, -0.05) is 42.5 Å². The topological polar surface area (TPSA) is 89.1 Å². The quantitative estimate of drug-likeness (QED) is 0.617. The zero-order chi connectivity index (χ0) is 22.9. The highest BCUT2D eigenvalue weighted by molar-refractivity contribution is 5.86. The molecule has 3 heterocycles. The third-order valence-corrected chi connectivity index (χ3v) is 6.55. The number of hydrogen-bond donors (Lipinski definition) is 2. The third kappa shape index (κ3) is 6.20.